The normalized spacial score (nSPS) is 12.0. The van der Waals surface area contributed by atoms with Crippen molar-refractivity contribution >= 4 is 26.8 Å². The van der Waals surface area contributed by atoms with Gasteiger partial charge >= 0.3 is 6.18 Å². The van der Waals surface area contributed by atoms with Gasteiger partial charge in [-0.3, -0.25) is 4.68 Å². The highest BCUT2D eigenvalue weighted by atomic mass is 79.9. The number of rotatable bonds is 3. The average Bonchev–Trinajstić information content (AvgIpc) is 3.02. The van der Waals surface area contributed by atoms with Crippen molar-refractivity contribution < 1.29 is 26.3 Å². The second-order valence-electron chi connectivity index (χ2n) is 6.56. The minimum absolute atomic E-state index is 0.176. The predicted molar refractivity (Wildman–Crippen MR) is 103 cm³/mol. The molecule has 0 spiro atoms. The molecular weight excluding hydrogens is 474 g/mol. The summed E-state index contributed by atoms with van der Waals surface area (Å²) in [6.45, 7) is -0.519. The van der Waals surface area contributed by atoms with E-state index in [9.17, 15) is 26.3 Å². The summed E-state index contributed by atoms with van der Waals surface area (Å²) in [5, 5.41) is 4.21. The van der Waals surface area contributed by atoms with Crippen molar-refractivity contribution in [1.29, 1.82) is 0 Å². The summed E-state index contributed by atoms with van der Waals surface area (Å²) < 4.78 is 84.0. The fraction of sp³-hybridized carbons (Fsp3) is 0.0952. The lowest BCUT2D eigenvalue weighted by Crippen LogP contribution is -2.09. The Kier molecular flexibility index (Phi) is 5.09. The van der Waals surface area contributed by atoms with Crippen LogP contribution in [0.3, 0.4) is 0 Å². The van der Waals surface area contributed by atoms with E-state index in [1.165, 1.54) is 12.1 Å². The van der Waals surface area contributed by atoms with Gasteiger partial charge in [0.15, 0.2) is 0 Å². The predicted octanol–water partition coefficient (Wildman–Crippen LogP) is 6.95. The van der Waals surface area contributed by atoms with Gasteiger partial charge in [0, 0.05) is 33.1 Å². The molecule has 4 rings (SSSR count). The lowest BCUT2D eigenvalue weighted by atomic mass is 10.0. The largest absolute Gasteiger partial charge is 0.418 e. The van der Waals surface area contributed by atoms with Gasteiger partial charge in [-0.15, -0.1) is 0 Å². The highest BCUT2D eigenvalue weighted by Crippen LogP contribution is 2.38. The van der Waals surface area contributed by atoms with E-state index in [1.807, 2.05) is 0 Å². The summed E-state index contributed by atoms with van der Waals surface area (Å²) in [5.74, 6) is -3.39. The molecule has 4 aromatic rings. The number of hydrogen-bond donors (Lipinski definition) is 0. The number of fused-ring (bicyclic) bond motifs is 1. The van der Waals surface area contributed by atoms with Crippen LogP contribution in [-0.4, -0.2) is 9.78 Å². The van der Waals surface area contributed by atoms with Crippen LogP contribution in [0.2, 0.25) is 0 Å². The van der Waals surface area contributed by atoms with Crippen LogP contribution < -0.4 is 0 Å². The Morgan fingerprint density at radius 1 is 0.900 bits per heavy atom. The molecule has 0 aliphatic rings. The van der Waals surface area contributed by atoms with Crippen LogP contribution in [0.4, 0.5) is 26.3 Å². The van der Waals surface area contributed by atoms with Gasteiger partial charge in [-0.1, -0.05) is 40.2 Å². The van der Waals surface area contributed by atoms with E-state index in [4.69, 9.17) is 0 Å². The Hall–Kier alpha value is -2.81. The van der Waals surface area contributed by atoms with Gasteiger partial charge in [-0.25, -0.2) is 13.2 Å². The zero-order chi connectivity index (χ0) is 21.6. The maximum absolute atomic E-state index is 14.2. The summed E-state index contributed by atoms with van der Waals surface area (Å²) in [7, 11) is 0. The third-order valence-electron chi connectivity index (χ3n) is 4.61. The Balaban J connectivity index is 1.99. The summed E-state index contributed by atoms with van der Waals surface area (Å²) in [6.07, 6.45) is -4.66. The van der Waals surface area contributed by atoms with Crippen molar-refractivity contribution in [2.24, 2.45) is 0 Å². The van der Waals surface area contributed by atoms with Gasteiger partial charge in [-0.2, -0.15) is 18.3 Å². The van der Waals surface area contributed by atoms with E-state index < -0.39 is 41.3 Å². The SMILES string of the molecule is Fc1cc(F)c(Cn2nc3c(C(F)(F)F)cccc3c2-c2ccc(Br)cc2)c(F)c1. The first-order valence-electron chi connectivity index (χ1n) is 8.61. The molecule has 30 heavy (non-hydrogen) atoms. The highest BCUT2D eigenvalue weighted by Gasteiger charge is 2.34. The number of nitrogens with zero attached hydrogens (tertiary/aromatic N) is 2. The van der Waals surface area contributed by atoms with Crippen molar-refractivity contribution in [3.8, 4) is 11.3 Å². The molecule has 0 radical (unpaired) electrons. The Labute approximate surface area is 174 Å². The summed E-state index contributed by atoms with van der Waals surface area (Å²) in [4.78, 5) is 0. The Morgan fingerprint density at radius 2 is 1.53 bits per heavy atom. The van der Waals surface area contributed by atoms with E-state index in [2.05, 4.69) is 21.0 Å². The van der Waals surface area contributed by atoms with Crippen molar-refractivity contribution in [3.05, 3.63) is 87.6 Å². The van der Waals surface area contributed by atoms with E-state index >= 15 is 0 Å². The smallest absolute Gasteiger partial charge is 0.259 e. The minimum Gasteiger partial charge on any atom is -0.259 e. The third-order valence-corrected chi connectivity index (χ3v) is 5.14. The fourth-order valence-electron chi connectivity index (χ4n) is 3.28. The van der Waals surface area contributed by atoms with E-state index in [0.29, 0.717) is 17.7 Å². The van der Waals surface area contributed by atoms with Gasteiger partial charge in [0.25, 0.3) is 0 Å². The molecule has 1 aromatic heterocycles. The molecule has 0 N–H and O–H groups in total. The number of halogens is 7. The van der Waals surface area contributed by atoms with Crippen molar-refractivity contribution in [2.45, 2.75) is 12.7 Å². The molecule has 0 atom stereocenters. The molecule has 0 saturated carbocycles. The summed E-state index contributed by atoms with van der Waals surface area (Å²) in [6, 6.07) is 11.3. The van der Waals surface area contributed by atoms with E-state index in [0.717, 1.165) is 15.2 Å². The average molecular weight is 485 g/mol. The van der Waals surface area contributed by atoms with Crippen LogP contribution in [0.25, 0.3) is 22.2 Å². The molecule has 154 valence electrons. The summed E-state index contributed by atoms with van der Waals surface area (Å²) >= 11 is 3.29. The van der Waals surface area contributed by atoms with Crippen molar-refractivity contribution in [3.63, 3.8) is 0 Å². The fourth-order valence-corrected chi connectivity index (χ4v) is 3.54. The van der Waals surface area contributed by atoms with Gasteiger partial charge in [-0.05, 0) is 18.2 Å². The molecule has 2 nitrogen and oxygen atoms in total. The van der Waals surface area contributed by atoms with Crippen LogP contribution in [-0.2, 0) is 12.7 Å². The van der Waals surface area contributed by atoms with Crippen LogP contribution in [0.15, 0.2) is 59.1 Å². The number of benzene rings is 3. The van der Waals surface area contributed by atoms with Crippen LogP contribution in [0.5, 0.6) is 0 Å². The monoisotopic (exact) mass is 484 g/mol. The van der Waals surface area contributed by atoms with Crippen LogP contribution in [0, 0.1) is 17.5 Å². The van der Waals surface area contributed by atoms with Crippen LogP contribution in [0.1, 0.15) is 11.1 Å². The number of alkyl halides is 3. The molecule has 0 unspecified atom stereocenters. The highest BCUT2D eigenvalue weighted by molar-refractivity contribution is 9.10. The number of aromatic nitrogens is 2. The lowest BCUT2D eigenvalue weighted by molar-refractivity contribution is -0.136. The molecule has 3 aromatic carbocycles. The molecule has 0 amide bonds. The first-order chi connectivity index (χ1) is 14.1. The van der Waals surface area contributed by atoms with Gasteiger partial charge in [0.2, 0.25) is 0 Å². The van der Waals surface area contributed by atoms with Gasteiger partial charge < -0.3 is 0 Å². The Bertz CT molecular complexity index is 1220. The second-order valence-corrected chi connectivity index (χ2v) is 7.48. The summed E-state index contributed by atoms with van der Waals surface area (Å²) in [5.41, 5.74) is -1.05. The van der Waals surface area contributed by atoms with Gasteiger partial charge in [0.05, 0.1) is 17.8 Å². The maximum Gasteiger partial charge on any atom is 0.418 e. The first kappa shape index (κ1) is 20.5. The quantitative estimate of drug-likeness (QED) is 0.287. The molecule has 0 aliphatic heterocycles. The molecule has 1 heterocycles. The number of hydrogen-bond acceptors (Lipinski definition) is 1. The molecule has 0 bridgehead atoms. The topological polar surface area (TPSA) is 17.8 Å². The maximum atomic E-state index is 14.2. The Morgan fingerprint density at radius 3 is 2.13 bits per heavy atom. The third kappa shape index (κ3) is 3.69. The van der Waals surface area contributed by atoms with Gasteiger partial charge in [0.1, 0.15) is 23.0 Å². The first-order valence-corrected chi connectivity index (χ1v) is 9.40. The molecule has 0 aliphatic carbocycles. The van der Waals surface area contributed by atoms with Crippen molar-refractivity contribution in [2.75, 3.05) is 0 Å². The van der Waals surface area contributed by atoms with Crippen molar-refractivity contribution in [1.82, 2.24) is 9.78 Å². The lowest BCUT2D eigenvalue weighted by Gasteiger charge is -2.10. The molecule has 0 saturated heterocycles. The molecule has 0 fully saturated rings. The van der Waals surface area contributed by atoms with E-state index in [-0.39, 0.29) is 16.6 Å². The van der Waals surface area contributed by atoms with E-state index in [1.54, 1.807) is 24.3 Å². The molecular formula is C21H11BrF6N2. The zero-order valence-electron chi connectivity index (χ0n) is 14.9. The van der Waals surface area contributed by atoms with Crippen LogP contribution >= 0.6 is 15.9 Å². The minimum atomic E-state index is -4.66. The zero-order valence-corrected chi connectivity index (χ0v) is 16.5. The molecule has 9 heteroatoms. The standard InChI is InChI=1S/C21H11BrF6N2/c22-12-6-4-11(5-7-12)20-14-2-1-3-16(21(26,27)28)19(14)29-30(20)10-15-17(24)8-13(23)9-18(15)25/h1-9H,10H2. The second kappa shape index (κ2) is 7.46.